The highest BCUT2D eigenvalue weighted by Crippen LogP contribution is 2.31. The minimum atomic E-state index is -0.600. The van der Waals surface area contributed by atoms with Gasteiger partial charge in [0.1, 0.15) is 11.6 Å². The molecule has 0 aliphatic heterocycles. The van der Waals surface area contributed by atoms with Gasteiger partial charge in [0.05, 0.1) is 0 Å². The number of benzene rings is 1. The maximum atomic E-state index is 12.9. The highest BCUT2D eigenvalue weighted by molar-refractivity contribution is 5.77. The maximum Gasteiger partial charge on any atom is 0.221 e. The smallest absolute Gasteiger partial charge is 0.221 e. The lowest BCUT2D eigenvalue weighted by Crippen LogP contribution is -2.50. The summed E-state index contributed by atoms with van der Waals surface area (Å²) >= 11 is 0. The highest BCUT2D eigenvalue weighted by atomic mass is 19.1. The first kappa shape index (κ1) is 13.9. The molecule has 1 aliphatic rings. The van der Waals surface area contributed by atoms with E-state index in [1.165, 1.54) is 12.1 Å². The normalized spacial score (nSPS) is 16.8. The number of amides is 1. The molecule has 104 valence electrons. The van der Waals surface area contributed by atoms with Gasteiger partial charge in [0.25, 0.3) is 0 Å². The number of hydrogen-bond acceptors (Lipinski definition) is 2. The molecule has 0 aromatic heterocycles. The van der Waals surface area contributed by atoms with Crippen LogP contribution in [0.4, 0.5) is 8.78 Å². The van der Waals surface area contributed by atoms with Crippen LogP contribution in [0.3, 0.4) is 0 Å². The van der Waals surface area contributed by atoms with E-state index in [9.17, 15) is 13.6 Å². The molecule has 1 aliphatic carbocycles. The topological polar surface area (TPSA) is 55.1 Å². The number of nitrogens with one attached hydrogen (secondary N) is 1. The molecule has 0 unspecified atom stereocenters. The third-order valence-electron chi connectivity index (χ3n) is 3.52. The van der Waals surface area contributed by atoms with E-state index in [0.717, 1.165) is 25.3 Å². The van der Waals surface area contributed by atoms with Crippen molar-refractivity contribution in [2.45, 2.75) is 37.6 Å². The summed E-state index contributed by atoms with van der Waals surface area (Å²) in [6, 6.07) is 3.37. The van der Waals surface area contributed by atoms with Crippen LogP contribution in [0.25, 0.3) is 0 Å². The molecule has 0 atom stereocenters. The van der Waals surface area contributed by atoms with Crippen molar-refractivity contribution >= 4 is 5.91 Å². The average molecular weight is 268 g/mol. The Morgan fingerprint density at radius 3 is 2.42 bits per heavy atom. The fourth-order valence-electron chi connectivity index (χ4n) is 2.29. The second-order valence-electron chi connectivity index (χ2n) is 5.27. The van der Waals surface area contributed by atoms with Crippen molar-refractivity contribution in [1.29, 1.82) is 0 Å². The number of carbonyl (C=O) groups is 1. The summed E-state index contributed by atoms with van der Waals surface area (Å²) in [5.74, 6) is -1.30. The van der Waals surface area contributed by atoms with E-state index in [1.54, 1.807) is 0 Å². The first-order valence-corrected chi connectivity index (χ1v) is 6.47. The molecule has 1 aromatic rings. The van der Waals surface area contributed by atoms with Crippen LogP contribution < -0.4 is 11.1 Å². The number of halogens is 2. The number of hydrogen-bond donors (Lipinski definition) is 2. The number of carbonyl (C=O) groups excluding carboxylic acids is 1. The van der Waals surface area contributed by atoms with Crippen LogP contribution in [0.1, 0.15) is 31.2 Å². The summed E-state index contributed by atoms with van der Waals surface area (Å²) in [7, 11) is 0. The van der Waals surface area contributed by atoms with Crippen molar-refractivity contribution in [2.75, 3.05) is 6.54 Å². The van der Waals surface area contributed by atoms with Gasteiger partial charge < -0.3 is 11.1 Å². The Morgan fingerprint density at radius 1 is 1.26 bits per heavy atom. The largest absolute Gasteiger partial charge is 0.356 e. The Hall–Kier alpha value is -1.49. The molecule has 0 spiro atoms. The Labute approximate surface area is 111 Å². The molecule has 3 N–H and O–H groups in total. The van der Waals surface area contributed by atoms with E-state index in [-0.39, 0.29) is 11.4 Å². The molecule has 5 heteroatoms. The lowest BCUT2D eigenvalue weighted by Gasteiger charge is -2.37. The van der Waals surface area contributed by atoms with Crippen molar-refractivity contribution in [1.82, 2.24) is 5.32 Å². The quantitative estimate of drug-likeness (QED) is 0.857. The second-order valence-corrected chi connectivity index (χ2v) is 5.27. The van der Waals surface area contributed by atoms with Crippen LogP contribution in [0.15, 0.2) is 18.2 Å². The summed E-state index contributed by atoms with van der Waals surface area (Å²) < 4.78 is 25.9. The van der Waals surface area contributed by atoms with Crippen molar-refractivity contribution < 1.29 is 13.6 Å². The predicted octanol–water partition coefficient (Wildman–Crippen LogP) is 1.89. The fourth-order valence-corrected chi connectivity index (χ4v) is 2.29. The van der Waals surface area contributed by atoms with E-state index in [0.29, 0.717) is 24.9 Å². The van der Waals surface area contributed by atoms with Gasteiger partial charge in [-0.25, -0.2) is 8.78 Å². The van der Waals surface area contributed by atoms with E-state index >= 15 is 0 Å². The first-order valence-electron chi connectivity index (χ1n) is 6.47. The van der Waals surface area contributed by atoms with Crippen molar-refractivity contribution in [2.24, 2.45) is 5.73 Å². The lowest BCUT2D eigenvalue weighted by atomic mass is 9.75. The van der Waals surface area contributed by atoms with Crippen LogP contribution in [0, 0.1) is 11.6 Å². The zero-order valence-electron chi connectivity index (χ0n) is 10.7. The van der Waals surface area contributed by atoms with Gasteiger partial charge in [0.2, 0.25) is 5.91 Å². The van der Waals surface area contributed by atoms with Gasteiger partial charge >= 0.3 is 0 Å². The zero-order valence-corrected chi connectivity index (χ0v) is 10.7. The van der Waals surface area contributed by atoms with Crippen LogP contribution in [-0.4, -0.2) is 18.0 Å². The van der Waals surface area contributed by atoms with Gasteiger partial charge in [0.15, 0.2) is 0 Å². The Balaban J connectivity index is 1.75. The molecule has 1 aromatic carbocycles. The fraction of sp³-hybridized carbons (Fsp3) is 0.500. The number of nitrogens with two attached hydrogens (primary N) is 1. The highest BCUT2D eigenvalue weighted by Gasteiger charge is 2.34. The summed E-state index contributed by atoms with van der Waals surface area (Å²) in [6.07, 6.45) is 3.57. The Bertz CT molecular complexity index is 452. The van der Waals surface area contributed by atoms with Gasteiger partial charge in [0, 0.05) is 24.6 Å². The molecule has 19 heavy (non-hydrogen) atoms. The molecule has 2 rings (SSSR count). The molecule has 0 heterocycles. The molecular weight excluding hydrogens is 250 g/mol. The van der Waals surface area contributed by atoms with Crippen molar-refractivity contribution in [3.05, 3.63) is 35.4 Å². The molecule has 0 bridgehead atoms. The standard InChI is InChI=1S/C14H18F2N2O/c15-11-6-10(7-12(16)8-11)2-5-18-13(19)9-14(17)3-1-4-14/h6-8H,1-5,9,17H2,(H,18,19). The summed E-state index contributed by atoms with van der Waals surface area (Å²) in [5.41, 5.74) is 6.16. The number of rotatable bonds is 5. The molecule has 1 fully saturated rings. The predicted molar refractivity (Wildman–Crippen MR) is 68.5 cm³/mol. The van der Waals surface area contributed by atoms with Gasteiger partial charge in [-0.15, -0.1) is 0 Å². The third kappa shape index (κ3) is 3.99. The van der Waals surface area contributed by atoms with Gasteiger partial charge in [-0.1, -0.05) is 0 Å². The molecule has 0 saturated heterocycles. The molecule has 3 nitrogen and oxygen atoms in total. The average Bonchev–Trinajstić information content (AvgIpc) is 2.25. The zero-order chi connectivity index (χ0) is 13.9. The van der Waals surface area contributed by atoms with Gasteiger partial charge in [-0.2, -0.15) is 0 Å². The summed E-state index contributed by atoms with van der Waals surface area (Å²) in [5, 5.41) is 2.73. The molecular formula is C14H18F2N2O. The third-order valence-corrected chi connectivity index (χ3v) is 3.52. The van der Waals surface area contributed by atoms with E-state index in [4.69, 9.17) is 5.73 Å². The monoisotopic (exact) mass is 268 g/mol. The Kier molecular flexibility index (Phi) is 4.14. The second kappa shape index (κ2) is 5.65. The molecule has 1 amide bonds. The van der Waals surface area contributed by atoms with E-state index in [1.807, 2.05) is 0 Å². The maximum absolute atomic E-state index is 12.9. The van der Waals surface area contributed by atoms with Crippen molar-refractivity contribution in [3.63, 3.8) is 0 Å². The first-order chi connectivity index (χ1) is 8.97. The lowest BCUT2D eigenvalue weighted by molar-refractivity contribution is -0.122. The minimum absolute atomic E-state index is 0.0981. The van der Waals surface area contributed by atoms with Crippen LogP contribution in [-0.2, 0) is 11.2 Å². The summed E-state index contributed by atoms with van der Waals surface area (Å²) in [6.45, 7) is 0.359. The van der Waals surface area contributed by atoms with Crippen LogP contribution in [0.2, 0.25) is 0 Å². The molecule has 1 saturated carbocycles. The van der Waals surface area contributed by atoms with Crippen molar-refractivity contribution in [3.8, 4) is 0 Å². The van der Waals surface area contributed by atoms with E-state index < -0.39 is 11.6 Å². The molecule has 0 radical (unpaired) electrons. The minimum Gasteiger partial charge on any atom is -0.356 e. The van der Waals surface area contributed by atoms with E-state index in [2.05, 4.69) is 5.32 Å². The Morgan fingerprint density at radius 2 is 1.89 bits per heavy atom. The summed E-state index contributed by atoms with van der Waals surface area (Å²) in [4.78, 5) is 11.6. The SMILES string of the molecule is NC1(CC(=O)NCCc2cc(F)cc(F)c2)CCC1. The van der Waals surface area contributed by atoms with Crippen LogP contribution >= 0.6 is 0 Å². The van der Waals surface area contributed by atoms with Gasteiger partial charge in [-0.3, -0.25) is 4.79 Å². The van der Waals surface area contributed by atoms with Crippen LogP contribution in [0.5, 0.6) is 0 Å². The van der Waals surface area contributed by atoms with Gasteiger partial charge in [-0.05, 0) is 43.4 Å².